The normalized spacial score (nSPS) is 41.3. The van der Waals surface area contributed by atoms with E-state index in [0.717, 1.165) is 23.7 Å². The van der Waals surface area contributed by atoms with Gasteiger partial charge >= 0.3 is 0 Å². The van der Waals surface area contributed by atoms with E-state index in [9.17, 15) is 4.79 Å². The van der Waals surface area contributed by atoms with Crippen molar-refractivity contribution in [2.45, 2.75) is 25.3 Å². The highest BCUT2D eigenvalue weighted by Crippen LogP contribution is 2.65. The average molecular weight is 233 g/mol. The van der Waals surface area contributed by atoms with Crippen LogP contribution in [0.4, 0.5) is 5.95 Å². The smallest absolute Gasteiger partial charge is 0.288 e. The quantitative estimate of drug-likeness (QED) is 0.678. The molecule has 0 spiro atoms. The number of amides is 1. The summed E-state index contributed by atoms with van der Waals surface area (Å²) in [6.07, 6.45) is 4.10. The monoisotopic (exact) mass is 233 g/mol. The van der Waals surface area contributed by atoms with Gasteiger partial charge in [-0.15, -0.1) is 5.10 Å². The molecule has 1 amide bonds. The van der Waals surface area contributed by atoms with Gasteiger partial charge in [-0.25, -0.2) is 0 Å². The summed E-state index contributed by atoms with van der Waals surface area (Å²) in [5.74, 6) is 3.35. The molecule has 4 N–H and O–H groups in total. The van der Waals surface area contributed by atoms with Gasteiger partial charge in [0.05, 0.1) is 0 Å². The van der Waals surface area contributed by atoms with E-state index in [1.807, 2.05) is 0 Å². The molecule has 3 aliphatic rings. The number of nitrogens with two attached hydrogens (primary N) is 1. The molecule has 4 unspecified atom stereocenters. The summed E-state index contributed by atoms with van der Waals surface area (Å²) < 4.78 is 0. The minimum atomic E-state index is -0.173. The number of nitrogens with zero attached hydrogens (tertiary/aromatic N) is 2. The maximum Gasteiger partial charge on any atom is 0.288 e. The molecule has 0 aromatic carbocycles. The number of aromatic nitrogens is 3. The Kier molecular flexibility index (Phi) is 1.66. The molecule has 3 aliphatic carbocycles. The molecule has 3 fully saturated rings. The Morgan fingerprint density at radius 3 is 2.65 bits per heavy atom. The van der Waals surface area contributed by atoms with Crippen molar-refractivity contribution in [3.05, 3.63) is 5.82 Å². The number of fused-ring (bicyclic) bond motifs is 5. The zero-order valence-corrected chi connectivity index (χ0v) is 9.39. The van der Waals surface area contributed by atoms with E-state index >= 15 is 0 Å². The van der Waals surface area contributed by atoms with Crippen LogP contribution in [-0.4, -0.2) is 27.1 Å². The molecule has 4 atom stereocenters. The number of anilines is 1. The number of carbonyl (C=O) groups is 1. The second-order valence-electron chi connectivity index (χ2n) is 5.53. The third-order valence-electron chi connectivity index (χ3n) is 4.75. The summed E-state index contributed by atoms with van der Waals surface area (Å²) in [7, 11) is 0. The van der Waals surface area contributed by atoms with Crippen LogP contribution < -0.4 is 11.1 Å². The van der Waals surface area contributed by atoms with Gasteiger partial charge in [-0.2, -0.15) is 4.98 Å². The molecular weight excluding hydrogens is 218 g/mol. The molecule has 0 aliphatic heterocycles. The van der Waals surface area contributed by atoms with Crippen LogP contribution in [0.15, 0.2) is 0 Å². The molecule has 0 saturated heterocycles. The predicted octanol–water partition coefficient (Wildman–Crippen LogP) is 0.161. The topological polar surface area (TPSA) is 96.7 Å². The average Bonchev–Trinajstić information content (AvgIpc) is 2.77. The van der Waals surface area contributed by atoms with E-state index in [2.05, 4.69) is 20.5 Å². The molecule has 4 rings (SSSR count). The number of rotatable bonds is 2. The summed E-state index contributed by atoms with van der Waals surface area (Å²) in [6.45, 7) is 0. The molecule has 1 heterocycles. The highest BCUT2D eigenvalue weighted by Gasteiger charge is 2.65. The summed E-state index contributed by atoms with van der Waals surface area (Å²) in [6, 6.07) is 0.375. The maximum atomic E-state index is 11.9. The number of H-pyrrole nitrogens is 1. The Bertz CT molecular complexity index is 468. The Morgan fingerprint density at radius 2 is 2.06 bits per heavy atom. The van der Waals surface area contributed by atoms with Gasteiger partial charge in [0.15, 0.2) is 0 Å². The van der Waals surface area contributed by atoms with Crippen LogP contribution in [-0.2, 0) is 0 Å². The van der Waals surface area contributed by atoms with Crippen molar-refractivity contribution >= 4 is 11.9 Å². The molecule has 6 nitrogen and oxygen atoms in total. The number of hydrogen-bond acceptors (Lipinski definition) is 4. The minimum absolute atomic E-state index is 0.117. The molecule has 3 saturated carbocycles. The van der Waals surface area contributed by atoms with Crippen molar-refractivity contribution in [3.8, 4) is 0 Å². The Morgan fingerprint density at radius 1 is 1.35 bits per heavy atom. The summed E-state index contributed by atoms with van der Waals surface area (Å²) in [5, 5.41) is 9.26. The molecule has 2 bridgehead atoms. The van der Waals surface area contributed by atoms with Crippen LogP contribution in [0, 0.1) is 23.7 Å². The van der Waals surface area contributed by atoms with Gasteiger partial charge in [-0.1, -0.05) is 0 Å². The molecule has 90 valence electrons. The lowest BCUT2D eigenvalue weighted by atomic mass is 10.0. The maximum absolute atomic E-state index is 11.9. The lowest BCUT2D eigenvalue weighted by molar-refractivity contribution is 0.0934. The number of carbonyl (C=O) groups excluding carboxylic acids is 1. The van der Waals surface area contributed by atoms with Gasteiger partial charge in [0.25, 0.3) is 5.91 Å². The number of nitrogens with one attached hydrogen (secondary N) is 2. The van der Waals surface area contributed by atoms with Gasteiger partial charge in [0, 0.05) is 6.04 Å². The van der Waals surface area contributed by atoms with E-state index < -0.39 is 0 Å². The highest BCUT2D eigenvalue weighted by atomic mass is 16.2. The second kappa shape index (κ2) is 3.00. The van der Waals surface area contributed by atoms with Gasteiger partial charge < -0.3 is 11.1 Å². The van der Waals surface area contributed by atoms with Gasteiger partial charge in [0.2, 0.25) is 11.8 Å². The van der Waals surface area contributed by atoms with Crippen LogP contribution in [0.5, 0.6) is 0 Å². The third-order valence-corrected chi connectivity index (χ3v) is 4.75. The van der Waals surface area contributed by atoms with Crippen molar-refractivity contribution in [1.82, 2.24) is 20.5 Å². The molecule has 1 aromatic rings. The van der Waals surface area contributed by atoms with Crippen LogP contribution in [0.1, 0.15) is 29.9 Å². The van der Waals surface area contributed by atoms with E-state index in [1.54, 1.807) is 0 Å². The number of aromatic amines is 1. The molecule has 6 heteroatoms. The van der Waals surface area contributed by atoms with Crippen molar-refractivity contribution in [3.63, 3.8) is 0 Å². The summed E-state index contributed by atoms with van der Waals surface area (Å²) in [5.41, 5.74) is 5.38. The van der Waals surface area contributed by atoms with E-state index in [-0.39, 0.29) is 17.7 Å². The van der Waals surface area contributed by atoms with Crippen LogP contribution >= 0.6 is 0 Å². The first-order valence-corrected chi connectivity index (χ1v) is 6.23. The van der Waals surface area contributed by atoms with Crippen molar-refractivity contribution < 1.29 is 4.79 Å². The first kappa shape index (κ1) is 9.44. The molecule has 1 aromatic heterocycles. The fraction of sp³-hybridized carbons (Fsp3) is 0.727. The van der Waals surface area contributed by atoms with E-state index in [1.165, 1.54) is 19.3 Å². The fourth-order valence-corrected chi connectivity index (χ4v) is 4.11. The predicted molar refractivity (Wildman–Crippen MR) is 59.9 cm³/mol. The van der Waals surface area contributed by atoms with E-state index in [4.69, 9.17) is 5.73 Å². The highest BCUT2D eigenvalue weighted by molar-refractivity contribution is 5.91. The largest absolute Gasteiger partial charge is 0.366 e. The van der Waals surface area contributed by atoms with Crippen LogP contribution in [0.3, 0.4) is 0 Å². The zero-order valence-electron chi connectivity index (χ0n) is 9.39. The second-order valence-corrected chi connectivity index (χ2v) is 5.53. The van der Waals surface area contributed by atoms with Crippen LogP contribution in [0.2, 0.25) is 0 Å². The first-order chi connectivity index (χ1) is 8.24. The summed E-state index contributed by atoms with van der Waals surface area (Å²) >= 11 is 0. The fourth-order valence-electron chi connectivity index (χ4n) is 4.11. The SMILES string of the molecule is Nc1n[nH]c(C(=O)NC2C3C4CCC(C4)C23)n1. The van der Waals surface area contributed by atoms with Crippen molar-refractivity contribution in [2.24, 2.45) is 23.7 Å². The van der Waals surface area contributed by atoms with Gasteiger partial charge in [0.1, 0.15) is 0 Å². The number of nitrogen functional groups attached to an aromatic ring is 1. The zero-order chi connectivity index (χ0) is 11.6. The molecular formula is C11H15N5O. The standard InChI is InChI=1S/C11H15N5O/c12-11-14-9(15-16-11)10(17)13-8-6-4-1-2-5(3-4)7(6)8/h4-8H,1-3H2,(H,13,17)(H3,12,14,15,16). The Balaban J connectivity index is 1.45. The lowest BCUT2D eigenvalue weighted by Crippen LogP contribution is -2.30. The Hall–Kier alpha value is -1.59. The van der Waals surface area contributed by atoms with Crippen molar-refractivity contribution in [2.75, 3.05) is 5.73 Å². The molecule has 0 radical (unpaired) electrons. The summed E-state index contributed by atoms with van der Waals surface area (Å²) in [4.78, 5) is 15.7. The third kappa shape index (κ3) is 1.23. The van der Waals surface area contributed by atoms with Gasteiger partial charge in [-0.3, -0.25) is 9.89 Å². The first-order valence-electron chi connectivity index (χ1n) is 6.23. The van der Waals surface area contributed by atoms with Crippen molar-refractivity contribution in [1.29, 1.82) is 0 Å². The lowest BCUT2D eigenvalue weighted by Gasteiger charge is -2.09. The van der Waals surface area contributed by atoms with Crippen LogP contribution in [0.25, 0.3) is 0 Å². The number of hydrogen-bond donors (Lipinski definition) is 3. The van der Waals surface area contributed by atoms with E-state index in [0.29, 0.717) is 6.04 Å². The minimum Gasteiger partial charge on any atom is -0.366 e. The Labute approximate surface area is 98.4 Å². The molecule has 17 heavy (non-hydrogen) atoms. The van der Waals surface area contributed by atoms with Gasteiger partial charge in [-0.05, 0) is 42.9 Å².